The minimum Gasteiger partial charge on any atom is -0.320 e. The number of carbonyl (C=O) groups is 1. The van der Waals surface area contributed by atoms with Crippen molar-refractivity contribution < 1.29 is 9.72 Å². The van der Waals surface area contributed by atoms with Gasteiger partial charge in [0.2, 0.25) is 0 Å². The Bertz CT molecular complexity index is 737. The monoisotopic (exact) mass is 369 g/mol. The lowest BCUT2D eigenvalue weighted by molar-refractivity contribution is -0.385. The Hall–Kier alpha value is -1.99. The first-order valence-electron chi connectivity index (χ1n) is 5.76. The van der Waals surface area contributed by atoms with Crippen LogP contribution in [0.5, 0.6) is 0 Å². The zero-order valence-corrected chi connectivity index (χ0v) is 13.1. The summed E-state index contributed by atoms with van der Waals surface area (Å²) in [6, 6.07) is 6.03. The van der Waals surface area contributed by atoms with E-state index in [0.717, 1.165) is 0 Å². The summed E-state index contributed by atoms with van der Waals surface area (Å²) in [4.78, 5) is 26.6. The number of hydrogen-bond donors (Lipinski definition) is 1. The summed E-state index contributed by atoms with van der Waals surface area (Å²) in [6.45, 7) is 1.64. The number of nitro benzene ring substituents is 1. The summed E-state index contributed by atoms with van der Waals surface area (Å²) < 4.78 is 0.515. The van der Waals surface area contributed by atoms with Crippen LogP contribution < -0.4 is 5.32 Å². The Labute approximate surface area is 133 Å². The van der Waals surface area contributed by atoms with Gasteiger partial charge in [-0.05, 0) is 34.5 Å². The molecule has 0 fully saturated rings. The van der Waals surface area contributed by atoms with E-state index >= 15 is 0 Å². The van der Waals surface area contributed by atoms with E-state index in [9.17, 15) is 14.9 Å². The van der Waals surface area contributed by atoms with Gasteiger partial charge in [-0.1, -0.05) is 23.7 Å². The molecule has 0 saturated heterocycles. The van der Waals surface area contributed by atoms with Crippen LogP contribution in [0.1, 0.15) is 15.9 Å². The standard InChI is InChI=1S/C13H9BrClN3O3/c1-7-3-2-4-10(18(20)21)11(7)13(19)17-8-5-9(14)12(15)16-6-8/h2-6H,1H3,(H,17,19). The molecule has 21 heavy (non-hydrogen) atoms. The fourth-order valence-electron chi connectivity index (χ4n) is 1.78. The topological polar surface area (TPSA) is 85.1 Å². The van der Waals surface area contributed by atoms with Gasteiger partial charge in [0.25, 0.3) is 11.6 Å². The molecule has 108 valence electrons. The maximum Gasteiger partial charge on any atom is 0.282 e. The second-order valence-electron chi connectivity index (χ2n) is 4.18. The number of nitrogens with one attached hydrogen (secondary N) is 1. The second-order valence-corrected chi connectivity index (χ2v) is 5.39. The van der Waals surface area contributed by atoms with Gasteiger partial charge in [-0.15, -0.1) is 0 Å². The molecule has 1 amide bonds. The van der Waals surface area contributed by atoms with Crippen LogP contribution in [0, 0.1) is 17.0 Å². The van der Waals surface area contributed by atoms with Gasteiger partial charge >= 0.3 is 0 Å². The molecule has 2 rings (SSSR count). The van der Waals surface area contributed by atoms with Crippen LogP contribution in [-0.4, -0.2) is 15.8 Å². The van der Waals surface area contributed by atoms with Crippen LogP contribution in [0.2, 0.25) is 5.15 Å². The van der Waals surface area contributed by atoms with Gasteiger partial charge in [-0.3, -0.25) is 14.9 Å². The number of pyridine rings is 1. The van der Waals surface area contributed by atoms with Crippen LogP contribution in [0.3, 0.4) is 0 Å². The number of aryl methyl sites for hydroxylation is 1. The molecule has 1 heterocycles. The third kappa shape index (κ3) is 3.37. The third-order valence-electron chi connectivity index (χ3n) is 2.73. The van der Waals surface area contributed by atoms with Crippen LogP contribution >= 0.6 is 27.5 Å². The average molecular weight is 371 g/mol. The Morgan fingerprint density at radius 2 is 2.19 bits per heavy atom. The molecule has 0 aliphatic heterocycles. The molecule has 8 heteroatoms. The second kappa shape index (κ2) is 6.19. The van der Waals surface area contributed by atoms with Gasteiger partial charge in [0.15, 0.2) is 0 Å². The number of carbonyl (C=O) groups excluding carboxylic acids is 1. The smallest absolute Gasteiger partial charge is 0.282 e. The minimum atomic E-state index is -0.585. The Kier molecular flexibility index (Phi) is 4.54. The van der Waals surface area contributed by atoms with Gasteiger partial charge in [0.1, 0.15) is 10.7 Å². The van der Waals surface area contributed by atoms with Crippen LogP contribution in [0.25, 0.3) is 0 Å². The van der Waals surface area contributed by atoms with Crippen molar-refractivity contribution in [2.24, 2.45) is 0 Å². The zero-order chi connectivity index (χ0) is 15.6. The number of nitrogens with zero attached hydrogens (tertiary/aromatic N) is 2. The average Bonchev–Trinajstić information content (AvgIpc) is 2.42. The molecule has 1 aromatic heterocycles. The highest BCUT2D eigenvalue weighted by atomic mass is 79.9. The highest BCUT2D eigenvalue weighted by molar-refractivity contribution is 9.10. The molecule has 0 unspecified atom stereocenters. The van der Waals surface area contributed by atoms with E-state index in [4.69, 9.17) is 11.6 Å². The van der Waals surface area contributed by atoms with E-state index in [0.29, 0.717) is 15.7 Å². The van der Waals surface area contributed by atoms with Gasteiger partial charge in [0, 0.05) is 6.07 Å². The molecule has 6 nitrogen and oxygen atoms in total. The Morgan fingerprint density at radius 1 is 1.48 bits per heavy atom. The predicted octanol–water partition coefficient (Wildman–Crippen LogP) is 3.97. The number of benzene rings is 1. The molecule has 1 aromatic carbocycles. The van der Waals surface area contributed by atoms with Gasteiger partial charge in [0.05, 0.1) is 21.3 Å². The fourth-order valence-corrected chi connectivity index (χ4v) is 2.24. The molecule has 0 spiro atoms. The molecule has 0 bridgehead atoms. The van der Waals surface area contributed by atoms with Crippen molar-refractivity contribution >= 4 is 44.8 Å². The summed E-state index contributed by atoms with van der Waals surface area (Å²) in [5.41, 5.74) is 0.679. The third-order valence-corrected chi connectivity index (χ3v) is 3.86. The summed E-state index contributed by atoms with van der Waals surface area (Å²) in [5.74, 6) is -0.573. The largest absolute Gasteiger partial charge is 0.320 e. The number of nitro groups is 1. The first-order valence-corrected chi connectivity index (χ1v) is 6.93. The van der Waals surface area contributed by atoms with Crippen LogP contribution in [0.15, 0.2) is 34.9 Å². The minimum absolute atomic E-state index is 0.0218. The highest BCUT2D eigenvalue weighted by Gasteiger charge is 2.22. The number of halogens is 2. The number of anilines is 1. The fraction of sp³-hybridized carbons (Fsp3) is 0.0769. The van der Waals surface area contributed by atoms with E-state index in [1.165, 1.54) is 18.3 Å². The van der Waals surface area contributed by atoms with Crippen LogP contribution in [-0.2, 0) is 0 Å². The molecule has 0 atom stereocenters. The first kappa shape index (κ1) is 15.4. The Balaban J connectivity index is 2.36. The number of amides is 1. The maximum atomic E-state index is 12.3. The van der Waals surface area contributed by atoms with E-state index in [1.807, 2.05) is 0 Å². The van der Waals surface area contributed by atoms with Gasteiger partial charge in [-0.2, -0.15) is 0 Å². The van der Waals surface area contributed by atoms with E-state index in [1.54, 1.807) is 19.1 Å². The molecular weight excluding hydrogens is 362 g/mol. The van der Waals surface area contributed by atoms with Crippen molar-refractivity contribution in [3.05, 3.63) is 61.3 Å². The normalized spacial score (nSPS) is 10.2. The predicted molar refractivity (Wildman–Crippen MR) is 82.7 cm³/mol. The molecular formula is C13H9BrClN3O3. The summed E-state index contributed by atoms with van der Waals surface area (Å²) in [7, 11) is 0. The number of rotatable bonds is 3. The number of aromatic nitrogens is 1. The van der Waals surface area contributed by atoms with Gasteiger partial charge < -0.3 is 5.32 Å². The van der Waals surface area contributed by atoms with Gasteiger partial charge in [-0.25, -0.2) is 4.98 Å². The molecule has 0 aliphatic rings. The number of hydrogen-bond acceptors (Lipinski definition) is 4. The molecule has 2 aromatic rings. The van der Waals surface area contributed by atoms with Crippen molar-refractivity contribution in [3.8, 4) is 0 Å². The quantitative estimate of drug-likeness (QED) is 0.503. The molecule has 0 saturated carbocycles. The maximum absolute atomic E-state index is 12.3. The zero-order valence-electron chi connectivity index (χ0n) is 10.8. The summed E-state index contributed by atoms with van der Waals surface area (Å²) in [5, 5.41) is 13.8. The molecule has 0 aliphatic carbocycles. The van der Waals surface area contributed by atoms with E-state index in [2.05, 4.69) is 26.2 Å². The van der Waals surface area contributed by atoms with Crippen LogP contribution in [0.4, 0.5) is 11.4 Å². The van der Waals surface area contributed by atoms with Crippen molar-refractivity contribution in [2.45, 2.75) is 6.92 Å². The van der Waals surface area contributed by atoms with E-state index in [-0.39, 0.29) is 16.4 Å². The SMILES string of the molecule is Cc1cccc([N+](=O)[O-])c1C(=O)Nc1cnc(Cl)c(Br)c1. The van der Waals surface area contributed by atoms with Crippen molar-refractivity contribution in [2.75, 3.05) is 5.32 Å². The molecule has 1 N–H and O–H groups in total. The first-order chi connectivity index (χ1) is 9.90. The van der Waals surface area contributed by atoms with Crippen molar-refractivity contribution in [3.63, 3.8) is 0 Å². The highest BCUT2D eigenvalue weighted by Crippen LogP contribution is 2.25. The summed E-state index contributed by atoms with van der Waals surface area (Å²) in [6.07, 6.45) is 1.37. The van der Waals surface area contributed by atoms with Crippen molar-refractivity contribution in [1.29, 1.82) is 0 Å². The molecule has 0 radical (unpaired) electrons. The Morgan fingerprint density at radius 3 is 2.81 bits per heavy atom. The lowest BCUT2D eigenvalue weighted by Gasteiger charge is -2.08. The summed E-state index contributed by atoms with van der Waals surface area (Å²) >= 11 is 8.96. The lowest BCUT2D eigenvalue weighted by atomic mass is 10.1. The lowest BCUT2D eigenvalue weighted by Crippen LogP contribution is -2.15. The van der Waals surface area contributed by atoms with E-state index < -0.39 is 10.8 Å². The van der Waals surface area contributed by atoms with Crippen molar-refractivity contribution in [1.82, 2.24) is 4.98 Å².